The molecule has 1 aromatic heterocycles. The van der Waals surface area contributed by atoms with Crippen LogP contribution < -0.4 is 5.73 Å². The number of hydrogen-bond acceptors (Lipinski definition) is 4. The SMILES string of the molecule is COC(=O)c1nc(-c2ccc(C(F)(F)C(N)=O)cc2Cl)ccc1Cl. The van der Waals surface area contributed by atoms with Gasteiger partial charge in [-0.05, 0) is 18.2 Å². The minimum absolute atomic E-state index is 0.0682. The quantitative estimate of drug-likeness (QED) is 0.831. The summed E-state index contributed by atoms with van der Waals surface area (Å²) in [7, 11) is 1.17. The highest BCUT2D eigenvalue weighted by molar-refractivity contribution is 6.34. The second kappa shape index (κ2) is 6.70. The van der Waals surface area contributed by atoms with Crippen LogP contribution in [-0.2, 0) is 15.5 Å². The number of halogens is 4. The highest BCUT2D eigenvalue weighted by Crippen LogP contribution is 2.34. The fraction of sp³-hybridized carbons (Fsp3) is 0.133. The fourth-order valence-electron chi connectivity index (χ4n) is 1.89. The van der Waals surface area contributed by atoms with Crippen molar-refractivity contribution >= 4 is 35.1 Å². The predicted octanol–water partition coefficient (Wildman–Crippen LogP) is 3.42. The van der Waals surface area contributed by atoms with E-state index in [4.69, 9.17) is 23.2 Å². The number of methoxy groups -OCH3 is 1. The van der Waals surface area contributed by atoms with Crippen molar-refractivity contribution < 1.29 is 23.1 Å². The van der Waals surface area contributed by atoms with Gasteiger partial charge in [0.15, 0.2) is 5.69 Å². The molecule has 9 heteroatoms. The first-order valence-electron chi connectivity index (χ1n) is 6.41. The van der Waals surface area contributed by atoms with Crippen LogP contribution in [0.1, 0.15) is 16.1 Å². The minimum atomic E-state index is -3.85. The third-order valence-corrected chi connectivity index (χ3v) is 3.76. The van der Waals surface area contributed by atoms with Crippen molar-refractivity contribution in [3.8, 4) is 11.3 Å². The molecule has 1 heterocycles. The van der Waals surface area contributed by atoms with E-state index in [-0.39, 0.29) is 27.0 Å². The molecule has 2 N–H and O–H groups in total. The number of primary amides is 1. The monoisotopic (exact) mass is 374 g/mol. The zero-order chi connectivity index (χ0) is 18.1. The van der Waals surface area contributed by atoms with Crippen LogP contribution in [0.5, 0.6) is 0 Å². The van der Waals surface area contributed by atoms with E-state index in [0.717, 1.165) is 12.1 Å². The van der Waals surface area contributed by atoms with Gasteiger partial charge in [-0.15, -0.1) is 0 Å². The molecule has 24 heavy (non-hydrogen) atoms. The summed E-state index contributed by atoms with van der Waals surface area (Å²) in [6, 6.07) is 6.02. The zero-order valence-electron chi connectivity index (χ0n) is 12.1. The summed E-state index contributed by atoms with van der Waals surface area (Å²) < 4.78 is 31.8. The van der Waals surface area contributed by atoms with E-state index in [1.54, 1.807) is 0 Å². The van der Waals surface area contributed by atoms with Crippen LogP contribution in [-0.4, -0.2) is 24.0 Å². The zero-order valence-corrected chi connectivity index (χ0v) is 13.7. The average Bonchev–Trinajstić information content (AvgIpc) is 2.54. The van der Waals surface area contributed by atoms with Crippen LogP contribution in [0.15, 0.2) is 30.3 Å². The molecule has 0 fully saturated rings. The number of pyridine rings is 1. The van der Waals surface area contributed by atoms with E-state index in [1.807, 2.05) is 0 Å². The summed E-state index contributed by atoms with van der Waals surface area (Å²) in [5.41, 5.74) is 4.38. The van der Waals surface area contributed by atoms with Gasteiger partial charge in [-0.2, -0.15) is 8.78 Å². The topological polar surface area (TPSA) is 82.3 Å². The Morgan fingerprint density at radius 3 is 2.38 bits per heavy atom. The molecule has 0 spiro atoms. The summed E-state index contributed by atoms with van der Waals surface area (Å²) in [4.78, 5) is 26.5. The first kappa shape index (κ1) is 18.1. The number of carbonyl (C=O) groups excluding carboxylic acids is 2. The molecule has 0 unspecified atom stereocenters. The molecule has 0 bridgehead atoms. The molecular weight excluding hydrogens is 365 g/mol. The van der Waals surface area contributed by atoms with E-state index >= 15 is 0 Å². The van der Waals surface area contributed by atoms with Gasteiger partial charge in [0.25, 0.3) is 5.91 Å². The van der Waals surface area contributed by atoms with Crippen molar-refractivity contribution in [3.63, 3.8) is 0 Å². The summed E-state index contributed by atoms with van der Waals surface area (Å²) in [5, 5.41) is -0.0299. The molecule has 5 nitrogen and oxygen atoms in total. The van der Waals surface area contributed by atoms with E-state index in [0.29, 0.717) is 0 Å². The molecule has 0 aliphatic carbocycles. The molecule has 0 saturated carbocycles. The number of amides is 1. The number of ether oxygens (including phenoxy) is 1. The lowest BCUT2D eigenvalue weighted by molar-refractivity contribution is -0.143. The Labute approximate surface area is 145 Å². The van der Waals surface area contributed by atoms with Gasteiger partial charge >= 0.3 is 11.9 Å². The van der Waals surface area contributed by atoms with E-state index in [2.05, 4.69) is 15.5 Å². The van der Waals surface area contributed by atoms with Crippen molar-refractivity contribution in [1.82, 2.24) is 4.98 Å². The highest BCUT2D eigenvalue weighted by atomic mass is 35.5. The molecule has 0 atom stereocenters. The number of benzene rings is 1. The third kappa shape index (κ3) is 3.32. The van der Waals surface area contributed by atoms with Crippen molar-refractivity contribution in [2.24, 2.45) is 5.73 Å². The largest absolute Gasteiger partial charge is 0.464 e. The third-order valence-electron chi connectivity index (χ3n) is 3.14. The number of alkyl halides is 2. The molecule has 2 aromatic rings. The molecule has 2 rings (SSSR count). The van der Waals surface area contributed by atoms with Gasteiger partial charge < -0.3 is 10.5 Å². The van der Waals surface area contributed by atoms with Gasteiger partial charge in [0.05, 0.1) is 22.8 Å². The maximum Gasteiger partial charge on any atom is 0.358 e. The number of hydrogen-bond donors (Lipinski definition) is 1. The number of rotatable bonds is 4. The molecule has 1 amide bonds. The first-order valence-corrected chi connectivity index (χ1v) is 7.17. The summed E-state index contributed by atoms with van der Waals surface area (Å²) in [6.07, 6.45) is 0. The average molecular weight is 375 g/mol. The molecule has 0 aliphatic rings. The van der Waals surface area contributed by atoms with E-state index in [9.17, 15) is 18.4 Å². The lowest BCUT2D eigenvalue weighted by atomic mass is 10.0. The molecule has 126 valence electrons. The molecule has 0 aliphatic heterocycles. The normalized spacial score (nSPS) is 11.2. The summed E-state index contributed by atoms with van der Waals surface area (Å²) in [5.74, 6) is -6.40. The van der Waals surface area contributed by atoms with Crippen LogP contribution in [0, 0.1) is 0 Å². The van der Waals surface area contributed by atoms with E-state index < -0.39 is 23.4 Å². The number of nitrogens with two attached hydrogens (primary N) is 1. The van der Waals surface area contributed by atoms with E-state index in [1.165, 1.54) is 25.3 Å². The van der Waals surface area contributed by atoms with Crippen molar-refractivity contribution in [3.05, 3.63) is 51.6 Å². The Hall–Kier alpha value is -2.25. The van der Waals surface area contributed by atoms with Crippen LogP contribution in [0.25, 0.3) is 11.3 Å². The predicted molar refractivity (Wildman–Crippen MR) is 84.1 cm³/mol. The van der Waals surface area contributed by atoms with Gasteiger partial charge in [-0.3, -0.25) is 4.79 Å². The first-order chi connectivity index (χ1) is 11.2. The number of aromatic nitrogens is 1. The number of esters is 1. The Morgan fingerprint density at radius 2 is 1.83 bits per heavy atom. The van der Waals surface area contributed by atoms with Gasteiger partial charge in [0.2, 0.25) is 0 Å². The Kier molecular flexibility index (Phi) is 5.05. The molecule has 0 radical (unpaired) electrons. The highest BCUT2D eigenvalue weighted by Gasteiger charge is 2.39. The Balaban J connectivity index is 2.51. The van der Waals surface area contributed by atoms with Crippen LogP contribution >= 0.6 is 23.2 Å². The number of carbonyl (C=O) groups is 2. The van der Waals surface area contributed by atoms with Crippen molar-refractivity contribution in [2.75, 3.05) is 7.11 Å². The number of nitrogens with zero attached hydrogens (tertiary/aromatic N) is 1. The maximum atomic E-state index is 13.6. The van der Waals surface area contributed by atoms with Crippen LogP contribution in [0.4, 0.5) is 8.78 Å². The second-order valence-electron chi connectivity index (χ2n) is 4.65. The molecular formula is C15H10Cl2F2N2O3. The second-order valence-corrected chi connectivity index (χ2v) is 5.47. The lowest BCUT2D eigenvalue weighted by Gasteiger charge is -2.14. The van der Waals surface area contributed by atoms with Crippen LogP contribution in [0.3, 0.4) is 0 Å². The van der Waals surface area contributed by atoms with Gasteiger partial charge in [0.1, 0.15) is 0 Å². The van der Waals surface area contributed by atoms with Crippen LogP contribution in [0.2, 0.25) is 10.0 Å². The smallest absolute Gasteiger partial charge is 0.358 e. The maximum absolute atomic E-state index is 13.6. The molecule has 0 saturated heterocycles. The standard InChI is InChI=1S/C15H10Cl2F2N2O3/c1-24-13(22)12-9(16)4-5-11(21-12)8-3-2-7(6-10(8)17)15(18,19)14(20)23/h2-6H,1H3,(H2,20,23). The Morgan fingerprint density at radius 1 is 1.17 bits per heavy atom. The van der Waals surface area contributed by atoms with Crippen molar-refractivity contribution in [1.29, 1.82) is 0 Å². The lowest BCUT2D eigenvalue weighted by Crippen LogP contribution is -2.32. The summed E-state index contributed by atoms with van der Waals surface area (Å²) >= 11 is 11.9. The van der Waals surface area contributed by atoms with Gasteiger partial charge in [-0.1, -0.05) is 35.3 Å². The van der Waals surface area contributed by atoms with Gasteiger partial charge in [0, 0.05) is 11.1 Å². The van der Waals surface area contributed by atoms with Crippen molar-refractivity contribution in [2.45, 2.75) is 5.92 Å². The Bertz CT molecular complexity index is 828. The fourth-order valence-corrected chi connectivity index (χ4v) is 2.35. The van der Waals surface area contributed by atoms with Gasteiger partial charge in [-0.25, -0.2) is 9.78 Å². The summed E-state index contributed by atoms with van der Waals surface area (Å²) in [6.45, 7) is 0. The minimum Gasteiger partial charge on any atom is -0.464 e. The molecule has 1 aromatic carbocycles.